The maximum atomic E-state index is 12.3. The fraction of sp³-hybridized carbons (Fsp3) is 0.854. The molecule has 0 spiro atoms. The van der Waals surface area contributed by atoms with E-state index in [1.807, 2.05) is 0 Å². The summed E-state index contributed by atoms with van der Waals surface area (Å²) in [5.41, 5.74) is -1.11. The highest BCUT2D eigenvalue weighted by molar-refractivity contribution is 5.72. The number of aliphatic hydroxyl groups excluding tert-OH is 1. The standard InChI is InChI=1S/C48H70O14/c1-25-16-35-38(22-44(50)57-35)56-43-21-37-39(61-47(43,4)23-25)17-26(2)45-34(54-37)11-7-6-10-30-31(58-45)12-8-14-33-32(53-30)13-9-15-42-48(5,60-33)24-41-36(55-42)20-40-46(59-41)29(49)19-28(52-40)18-27(3)62-51/h6-8,14,25-26,28-43,45-46,49,51H,3,9-13,15-24H2,1-2,4-5H3/t25-,26+,28-,29+,30-,31+,32+,33-,34+,35+,36+,37-,38-,39+,40-,41-,42-,43+,45-,46+,47-,48+/m1/s1. The van der Waals surface area contributed by atoms with Crippen molar-refractivity contribution >= 4 is 5.97 Å². The van der Waals surface area contributed by atoms with Crippen molar-refractivity contribution in [1.29, 1.82) is 0 Å². The molecule has 14 heteroatoms. The van der Waals surface area contributed by atoms with E-state index in [-0.39, 0.29) is 115 Å². The SMILES string of the molecule is C=C(C[C@@H]1C[C@H](O)[C@@H]2O[C@@H]3C[C@]4(C)O[C@@H]5C=CC[C@@H]6O[C@H]7[C@H](CC=CC[C@H]6O[C@H]5CCC[C@H]4O[C@H]3C[C@H]2O1)O[C@@H]1C[C@@H]2O[C@@H]3CC(=O)O[C@H]3C[C@@H](C)C[C@@]2(C)O[C@H]1C[C@@H]7C)OO. The van der Waals surface area contributed by atoms with Gasteiger partial charge < -0.3 is 57.4 Å². The molecule has 10 aliphatic heterocycles. The van der Waals surface area contributed by atoms with Crippen LogP contribution in [0.15, 0.2) is 36.6 Å². The van der Waals surface area contributed by atoms with E-state index in [2.05, 4.69) is 63.5 Å². The van der Waals surface area contributed by atoms with Crippen LogP contribution in [0.3, 0.4) is 0 Å². The Morgan fingerprint density at radius 1 is 0.694 bits per heavy atom. The summed E-state index contributed by atoms with van der Waals surface area (Å²) in [5, 5.41) is 20.2. The topological polar surface area (TPSA) is 159 Å². The number of rotatable bonds is 3. The van der Waals surface area contributed by atoms with Crippen molar-refractivity contribution in [1.82, 2.24) is 0 Å². The summed E-state index contributed by atoms with van der Waals surface area (Å²) < 4.78 is 68.0. The molecular formula is C48H70O14. The minimum Gasteiger partial charge on any atom is -0.459 e. The van der Waals surface area contributed by atoms with Crippen LogP contribution in [0.5, 0.6) is 0 Å². The molecule has 0 radical (unpaired) electrons. The minimum absolute atomic E-state index is 0.0873. The molecule has 0 aromatic rings. The van der Waals surface area contributed by atoms with E-state index < -0.39 is 23.4 Å². The van der Waals surface area contributed by atoms with Gasteiger partial charge in [0.05, 0.1) is 103 Å². The lowest BCUT2D eigenvalue weighted by Crippen LogP contribution is -2.65. The molecule has 0 bridgehead atoms. The van der Waals surface area contributed by atoms with Gasteiger partial charge in [-0.15, -0.1) is 0 Å². The second kappa shape index (κ2) is 17.7. The molecule has 0 aromatic carbocycles. The van der Waals surface area contributed by atoms with E-state index in [1.54, 1.807) is 0 Å². The third-order valence-corrected chi connectivity index (χ3v) is 16.1. The maximum absolute atomic E-state index is 12.3. The van der Waals surface area contributed by atoms with Crippen LogP contribution in [0.2, 0.25) is 0 Å². The molecular weight excluding hydrogens is 801 g/mol. The lowest BCUT2D eigenvalue weighted by Gasteiger charge is -2.55. The number of ether oxygens (including phenoxy) is 10. The molecule has 10 heterocycles. The van der Waals surface area contributed by atoms with Crippen LogP contribution in [0.25, 0.3) is 0 Å². The predicted octanol–water partition coefficient (Wildman–Crippen LogP) is 6.20. The average molecular weight is 871 g/mol. The van der Waals surface area contributed by atoms with Crippen molar-refractivity contribution in [2.24, 2.45) is 11.8 Å². The zero-order valence-electron chi connectivity index (χ0n) is 37.0. The Labute approximate surface area is 366 Å². The molecule has 10 aliphatic rings. The predicted molar refractivity (Wildman–Crippen MR) is 222 cm³/mol. The summed E-state index contributed by atoms with van der Waals surface area (Å²) in [6, 6.07) is 0. The molecule has 0 saturated carbocycles. The van der Waals surface area contributed by atoms with Crippen molar-refractivity contribution < 1.29 is 67.4 Å². The van der Waals surface area contributed by atoms with Crippen molar-refractivity contribution in [3.63, 3.8) is 0 Å². The van der Waals surface area contributed by atoms with Crippen LogP contribution in [0.1, 0.15) is 124 Å². The highest BCUT2D eigenvalue weighted by atomic mass is 17.1. The summed E-state index contributed by atoms with van der Waals surface area (Å²) >= 11 is 0. The van der Waals surface area contributed by atoms with Gasteiger partial charge in [-0.25, -0.2) is 5.26 Å². The smallest absolute Gasteiger partial charge is 0.308 e. The van der Waals surface area contributed by atoms with Gasteiger partial charge in [0.2, 0.25) is 0 Å². The highest BCUT2D eigenvalue weighted by Gasteiger charge is 2.57. The van der Waals surface area contributed by atoms with Gasteiger partial charge in [-0.05, 0) is 83.5 Å². The van der Waals surface area contributed by atoms with Gasteiger partial charge in [-0.1, -0.05) is 44.7 Å². The first-order valence-electron chi connectivity index (χ1n) is 23.9. The second-order valence-corrected chi connectivity index (χ2v) is 21.0. The van der Waals surface area contributed by atoms with Gasteiger partial charge >= 0.3 is 5.97 Å². The van der Waals surface area contributed by atoms with E-state index in [0.717, 1.165) is 51.4 Å². The fourth-order valence-electron chi connectivity index (χ4n) is 13.1. The molecule has 14 nitrogen and oxygen atoms in total. The number of fused-ring (bicyclic) bond motifs is 9. The molecule has 62 heavy (non-hydrogen) atoms. The first-order valence-corrected chi connectivity index (χ1v) is 23.9. The number of carbonyl (C=O) groups excluding carboxylic acids is 1. The molecule has 10 rings (SSSR count). The molecule has 346 valence electrons. The summed E-state index contributed by atoms with van der Waals surface area (Å²) in [7, 11) is 0. The molecule has 2 N–H and O–H groups in total. The van der Waals surface area contributed by atoms with Gasteiger partial charge in [0.15, 0.2) is 0 Å². The van der Waals surface area contributed by atoms with Crippen molar-refractivity contribution in [2.75, 3.05) is 0 Å². The van der Waals surface area contributed by atoms with Gasteiger partial charge in [-0.3, -0.25) is 4.79 Å². The van der Waals surface area contributed by atoms with E-state index >= 15 is 0 Å². The van der Waals surface area contributed by atoms with Crippen molar-refractivity contribution in [2.45, 2.75) is 245 Å². The lowest BCUT2D eigenvalue weighted by atomic mass is 9.78. The number of hydrogen-bond donors (Lipinski definition) is 2. The lowest BCUT2D eigenvalue weighted by molar-refractivity contribution is -0.317. The maximum Gasteiger partial charge on any atom is 0.308 e. The van der Waals surface area contributed by atoms with Crippen molar-refractivity contribution in [3.8, 4) is 0 Å². The van der Waals surface area contributed by atoms with Crippen LogP contribution in [-0.4, -0.2) is 137 Å². The molecule has 8 saturated heterocycles. The normalized spacial score (nSPS) is 52.8. The average Bonchev–Trinajstić information content (AvgIpc) is 3.52. The number of hydrogen-bond acceptors (Lipinski definition) is 14. The Bertz CT molecular complexity index is 1690. The Balaban J connectivity index is 0.816. The van der Waals surface area contributed by atoms with Gasteiger partial charge in [0.25, 0.3) is 0 Å². The molecule has 0 aromatic heterocycles. The minimum atomic E-state index is -0.719. The van der Waals surface area contributed by atoms with E-state index in [1.165, 1.54) is 0 Å². The zero-order valence-corrected chi connectivity index (χ0v) is 37.0. The molecule has 22 atom stereocenters. The van der Waals surface area contributed by atoms with Crippen LogP contribution >= 0.6 is 0 Å². The molecule has 0 amide bonds. The first-order chi connectivity index (χ1) is 29.8. The molecule has 0 unspecified atom stereocenters. The van der Waals surface area contributed by atoms with Crippen LogP contribution in [0.4, 0.5) is 0 Å². The van der Waals surface area contributed by atoms with Crippen LogP contribution in [-0.2, 0) is 57.1 Å². The number of aliphatic hydroxyl groups is 1. The second-order valence-electron chi connectivity index (χ2n) is 21.0. The summed E-state index contributed by atoms with van der Waals surface area (Å²) in [5.74, 6) is 0.538. The summed E-state index contributed by atoms with van der Waals surface area (Å²) in [6.45, 7) is 12.6. The Morgan fingerprint density at radius 3 is 2.26 bits per heavy atom. The Kier molecular flexibility index (Phi) is 12.5. The van der Waals surface area contributed by atoms with Crippen LogP contribution in [0, 0.1) is 11.8 Å². The molecule has 8 fully saturated rings. The van der Waals surface area contributed by atoms with Gasteiger partial charge in [0.1, 0.15) is 30.2 Å². The van der Waals surface area contributed by atoms with E-state index in [9.17, 15) is 9.90 Å². The number of esters is 1. The largest absolute Gasteiger partial charge is 0.459 e. The van der Waals surface area contributed by atoms with E-state index in [4.69, 9.17) is 52.6 Å². The Hall–Kier alpha value is -1.95. The van der Waals surface area contributed by atoms with Gasteiger partial charge in [-0.2, -0.15) is 0 Å². The zero-order chi connectivity index (χ0) is 42.9. The third-order valence-electron chi connectivity index (χ3n) is 16.1. The summed E-state index contributed by atoms with van der Waals surface area (Å²) in [6.07, 6.45) is 14.6. The number of carbonyl (C=O) groups is 1. The van der Waals surface area contributed by atoms with Gasteiger partial charge in [0, 0.05) is 32.1 Å². The quantitative estimate of drug-likeness (QED) is 0.109. The summed E-state index contributed by atoms with van der Waals surface area (Å²) in [4.78, 5) is 16.6. The van der Waals surface area contributed by atoms with Crippen molar-refractivity contribution in [3.05, 3.63) is 36.6 Å². The van der Waals surface area contributed by atoms with Crippen LogP contribution < -0.4 is 0 Å². The molecule has 0 aliphatic carbocycles. The van der Waals surface area contributed by atoms with E-state index in [0.29, 0.717) is 50.9 Å². The Morgan fingerprint density at radius 2 is 1.42 bits per heavy atom. The fourth-order valence-corrected chi connectivity index (χ4v) is 13.1. The highest BCUT2D eigenvalue weighted by Crippen LogP contribution is 2.48. The third kappa shape index (κ3) is 8.74. The monoisotopic (exact) mass is 870 g/mol. The first kappa shape index (κ1) is 43.9.